The first-order valence-electron chi connectivity index (χ1n) is 22.0. The number of benzene rings is 2. The number of nitrogens with one attached hydrogen (secondary N) is 4. The number of ether oxygens (including phenoxy) is 4. The molecule has 0 radical (unpaired) electrons. The van der Waals surface area contributed by atoms with E-state index in [1.807, 2.05) is 59.3 Å². The van der Waals surface area contributed by atoms with Crippen molar-refractivity contribution >= 4 is 24.1 Å². The number of carboxylic acids is 1. The average Bonchev–Trinajstić information content (AvgIpc) is 3.28. The van der Waals surface area contributed by atoms with E-state index < -0.39 is 5.97 Å². The fourth-order valence-corrected chi connectivity index (χ4v) is 6.48. The maximum atomic E-state index is 10.5. The minimum absolute atomic E-state index is 0. The minimum atomic E-state index is -0.797. The van der Waals surface area contributed by atoms with Gasteiger partial charge in [0.2, 0.25) is 0 Å². The molecule has 0 saturated carbocycles. The van der Waals surface area contributed by atoms with Gasteiger partial charge in [0, 0.05) is 57.3 Å². The summed E-state index contributed by atoms with van der Waals surface area (Å²) in [5.74, 6) is 0.0798. The van der Waals surface area contributed by atoms with Crippen molar-refractivity contribution in [2.45, 2.75) is 104 Å². The van der Waals surface area contributed by atoms with Crippen molar-refractivity contribution in [3.63, 3.8) is 0 Å². The molecule has 5 N–H and O–H groups in total. The summed E-state index contributed by atoms with van der Waals surface area (Å²) in [5, 5.41) is 30.3. The van der Waals surface area contributed by atoms with E-state index in [4.69, 9.17) is 34.8 Å². The third-order valence-electron chi connectivity index (χ3n) is 9.73. The van der Waals surface area contributed by atoms with Crippen LogP contribution >= 0.6 is 0 Å². The van der Waals surface area contributed by atoms with Crippen molar-refractivity contribution in [1.29, 1.82) is 5.41 Å². The molecule has 0 bridgehead atoms. The number of aromatic nitrogens is 1. The Balaban J connectivity index is 0.00000492. The van der Waals surface area contributed by atoms with Crippen LogP contribution in [-0.4, -0.2) is 113 Å². The van der Waals surface area contributed by atoms with Crippen LogP contribution in [0.25, 0.3) is 5.32 Å². The zero-order chi connectivity index (χ0) is 44.3. The van der Waals surface area contributed by atoms with Crippen molar-refractivity contribution < 1.29 is 80.2 Å². The Morgan fingerprint density at radius 3 is 2.05 bits per heavy atom. The van der Waals surface area contributed by atoms with E-state index in [-0.39, 0.29) is 75.6 Å². The normalized spacial score (nSPS) is 13.9. The number of aliphatic carboxylic acids is 1. The van der Waals surface area contributed by atoms with Crippen LogP contribution in [-0.2, 0) is 19.0 Å². The number of hydrogen-bond donors (Lipinski definition) is 5. The molecule has 1 aliphatic heterocycles. The molecule has 61 heavy (non-hydrogen) atoms. The van der Waals surface area contributed by atoms with Gasteiger partial charge in [0.05, 0.1) is 44.7 Å². The molecule has 4 rings (SSSR count). The molecule has 338 valence electrons. The van der Waals surface area contributed by atoms with Crippen LogP contribution in [0.3, 0.4) is 0 Å². The number of hydrogen-bond acceptors (Lipinski definition) is 11. The molecule has 13 nitrogen and oxygen atoms in total. The molecule has 0 amide bonds. The van der Waals surface area contributed by atoms with Crippen molar-refractivity contribution in [3.05, 3.63) is 89.5 Å². The maximum absolute atomic E-state index is 10.5. The second-order valence-electron chi connectivity index (χ2n) is 14.1. The quantitative estimate of drug-likeness (QED) is 0.0237. The number of anilines is 1. The molecule has 1 fully saturated rings. The smallest absolute Gasteiger partial charge is 0.678 e. The van der Waals surface area contributed by atoms with Gasteiger partial charge < -0.3 is 50.3 Å². The van der Waals surface area contributed by atoms with E-state index in [9.17, 15) is 4.79 Å². The van der Waals surface area contributed by atoms with E-state index in [1.165, 1.54) is 5.56 Å². The SMILES string of the molecule is C=N.CC.CC.CNC(NCC1(Nc2cccc([N-][C@H](C)c3cccc(OCCCCCCOCCOCCOCCCC(=O)O)c3)c2)CCN(C)CC1)c1ccncc1.[K+]. The predicted molar refractivity (Wildman–Crippen MR) is 247 cm³/mol. The maximum Gasteiger partial charge on any atom is 1.00 e. The van der Waals surface area contributed by atoms with Crippen LogP contribution in [0.5, 0.6) is 5.75 Å². The summed E-state index contributed by atoms with van der Waals surface area (Å²) < 4.78 is 22.6. The van der Waals surface area contributed by atoms with Crippen molar-refractivity contribution in [3.8, 4) is 5.75 Å². The van der Waals surface area contributed by atoms with E-state index in [1.54, 1.807) is 0 Å². The van der Waals surface area contributed by atoms with Gasteiger partial charge >= 0.3 is 57.4 Å². The van der Waals surface area contributed by atoms with Crippen LogP contribution in [0.1, 0.15) is 109 Å². The second kappa shape index (κ2) is 38.0. The zero-order valence-corrected chi connectivity index (χ0v) is 42.0. The summed E-state index contributed by atoms with van der Waals surface area (Å²) in [6.07, 6.45) is 10.6. The summed E-state index contributed by atoms with van der Waals surface area (Å²) in [7, 11) is 4.18. The van der Waals surface area contributed by atoms with Crippen molar-refractivity contribution in [1.82, 2.24) is 20.5 Å². The van der Waals surface area contributed by atoms with Gasteiger partial charge in [-0.2, -0.15) is 0 Å². The van der Waals surface area contributed by atoms with E-state index >= 15 is 0 Å². The summed E-state index contributed by atoms with van der Waals surface area (Å²) in [5.41, 5.74) is 4.25. The topological polar surface area (TPSA) is 164 Å². The predicted octanol–water partition coefficient (Wildman–Crippen LogP) is 6.41. The number of carboxylic acid groups (broad SMARTS) is 1. The van der Waals surface area contributed by atoms with Gasteiger partial charge in [0.15, 0.2) is 0 Å². The molecule has 0 aliphatic carbocycles. The third kappa shape index (κ3) is 26.0. The number of rotatable bonds is 28. The monoisotopic (exact) mass is 876 g/mol. The molecule has 2 aromatic carbocycles. The Hall–Kier alpha value is -2.47. The average molecular weight is 876 g/mol. The number of carbonyl (C=O) groups is 1. The Bertz CT molecular complexity index is 1490. The first kappa shape index (κ1) is 58.5. The molecule has 1 aliphatic rings. The molecular weight excluding hydrogens is 798 g/mol. The Morgan fingerprint density at radius 2 is 1.43 bits per heavy atom. The van der Waals surface area contributed by atoms with E-state index in [0.717, 1.165) is 87.5 Å². The van der Waals surface area contributed by atoms with Gasteiger partial charge in [-0.15, -0.1) is 5.69 Å². The fourth-order valence-electron chi connectivity index (χ4n) is 6.48. The number of piperidine rings is 1. The van der Waals surface area contributed by atoms with Gasteiger partial charge in [0.25, 0.3) is 0 Å². The second-order valence-corrected chi connectivity index (χ2v) is 14.1. The Labute approximate surface area is 411 Å². The van der Waals surface area contributed by atoms with Gasteiger partial charge in [-0.05, 0) is 95.2 Å². The molecule has 0 spiro atoms. The molecule has 2 atom stereocenters. The van der Waals surface area contributed by atoms with Crippen LogP contribution < -0.4 is 72.1 Å². The van der Waals surface area contributed by atoms with Crippen molar-refractivity contribution in [2.24, 2.45) is 0 Å². The summed E-state index contributed by atoms with van der Waals surface area (Å²) >= 11 is 0. The molecule has 1 aromatic heterocycles. The number of likely N-dealkylation sites (tertiary alicyclic amines) is 1. The molecule has 3 aromatic rings. The summed E-state index contributed by atoms with van der Waals surface area (Å²) in [6, 6.07) is 20.9. The standard InChI is InChI=1S/C42H63N6O6.2C2H6.CH3N.K/c1-34(36-11-8-14-39(31-36)54-26-7-5-4-6-24-51-27-29-53-30-28-52-25-10-15-40(49)50)46-37-12-9-13-38(32-37)47-42(18-22-48(3)23-19-42)33-45-41(43-2)35-16-20-44-21-17-35;3*1-2;/h8-9,11-14,16-17,20-21,31-32,34,41,43,45,47H,4-7,10,15,18-19,22-30,33H2,1-3H3,(H,49,50);2*1-2H3;2H,1H2;/q-1;;;;+1/t34-,41?;;;;/m1..../s1. The number of pyridine rings is 1. The number of nitrogens with zero attached hydrogens (tertiary/aromatic N) is 3. The van der Waals surface area contributed by atoms with Crippen molar-refractivity contribution in [2.75, 3.05) is 85.3 Å². The Kier molecular flexibility index (Phi) is 36.5. The molecular formula is C47H78KN7O6. The third-order valence-corrected chi connectivity index (χ3v) is 9.73. The largest absolute Gasteiger partial charge is 1.00 e. The van der Waals surface area contributed by atoms with Crippen LogP contribution in [0.4, 0.5) is 11.4 Å². The molecule has 1 unspecified atom stereocenters. The molecule has 14 heteroatoms. The number of unbranched alkanes of at least 4 members (excludes halogenated alkanes) is 3. The minimum Gasteiger partial charge on any atom is -0.678 e. The summed E-state index contributed by atoms with van der Waals surface area (Å²) in [6.45, 7) is 19.4. The van der Waals surface area contributed by atoms with Crippen LogP contribution in [0.2, 0.25) is 0 Å². The Morgan fingerprint density at radius 1 is 0.836 bits per heavy atom. The van der Waals surface area contributed by atoms with E-state index in [2.05, 4.69) is 95.1 Å². The first-order chi connectivity index (χ1) is 29.4. The fraction of sp³-hybridized carbons (Fsp3) is 0.596. The van der Waals surface area contributed by atoms with Gasteiger partial charge in [-0.1, -0.05) is 83.0 Å². The van der Waals surface area contributed by atoms with Crippen LogP contribution in [0, 0.1) is 5.41 Å². The molecule has 1 saturated heterocycles. The van der Waals surface area contributed by atoms with Crippen LogP contribution in [0.15, 0.2) is 73.1 Å². The van der Waals surface area contributed by atoms with Gasteiger partial charge in [-0.3, -0.25) is 15.1 Å². The molecule has 2 heterocycles. The van der Waals surface area contributed by atoms with Gasteiger partial charge in [0.1, 0.15) is 5.75 Å². The van der Waals surface area contributed by atoms with Gasteiger partial charge in [-0.25, -0.2) is 0 Å². The first-order valence-corrected chi connectivity index (χ1v) is 22.0. The van der Waals surface area contributed by atoms with E-state index in [0.29, 0.717) is 46.1 Å². The zero-order valence-electron chi connectivity index (χ0n) is 38.8. The summed E-state index contributed by atoms with van der Waals surface area (Å²) in [4.78, 5) is 17.0.